The molecule has 0 aromatic carbocycles. The summed E-state index contributed by atoms with van der Waals surface area (Å²) in [6, 6.07) is 0. The molecular formula is C6H8ClNO2S. The molecule has 0 N–H and O–H groups in total. The third-order valence-electron chi connectivity index (χ3n) is 1.01. The minimum absolute atomic E-state index is 0. The van der Waals surface area contributed by atoms with E-state index in [4.69, 9.17) is 0 Å². The number of hydrogen-bond donors (Lipinski definition) is 0. The molecule has 0 unspecified atom stereocenters. The molecule has 0 aliphatic heterocycles. The Morgan fingerprint density at radius 2 is 2.55 bits per heavy atom. The van der Waals surface area contributed by atoms with Crippen LogP contribution < -0.4 is 0 Å². The molecule has 0 spiro atoms. The number of hydrogen-bond acceptors (Lipinski definition) is 4. The van der Waals surface area contributed by atoms with Gasteiger partial charge in [-0.2, -0.15) is 0 Å². The van der Waals surface area contributed by atoms with Crippen LogP contribution in [-0.4, -0.2) is 18.1 Å². The van der Waals surface area contributed by atoms with Gasteiger partial charge in [0.15, 0.2) is 0 Å². The van der Waals surface area contributed by atoms with Crippen LogP contribution in [0.2, 0.25) is 0 Å². The molecule has 1 aromatic rings. The summed E-state index contributed by atoms with van der Waals surface area (Å²) in [5.74, 6) is -0.241. The van der Waals surface area contributed by atoms with E-state index >= 15 is 0 Å². The van der Waals surface area contributed by atoms with Gasteiger partial charge in [-0.1, -0.05) is 0 Å². The number of aromatic nitrogens is 1. The zero-order chi connectivity index (χ0) is 7.40. The molecule has 0 aliphatic rings. The number of ether oxygens (including phenoxy) is 1. The standard InChI is InChI=1S/C6H7NO2S.ClH/c1-9-6(8)4-5-7-2-3-10-5;/h2-3H,4H2,1H3;1H. The largest absolute Gasteiger partial charge is 0.469 e. The topological polar surface area (TPSA) is 39.2 Å². The Hall–Kier alpha value is -0.610. The molecule has 0 amide bonds. The first-order valence-electron chi connectivity index (χ1n) is 2.78. The van der Waals surface area contributed by atoms with Gasteiger partial charge in [0.1, 0.15) is 5.01 Å². The maximum Gasteiger partial charge on any atom is 0.312 e. The zero-order valence-electron chi connectivity index (χ0n) is 5.94. The van der Waals surface area contributed by atoms with Gasteiger partial charge in [-0.3, -0.25) is 4.79 Å². The van der Waals surface area contributed by atoms with Crippen molar-refractivity contribution < 1.29 is 9.53 Å². The lowest BCUT2D eigenvalue weighted by Gasteiger charge is -1.92. The minimum Gasteiger partial charge on any atom is -0.469 e. The van der Waals surface area contributed by atoms with E-state index < -0.39 is 0 Å². The van der Waals surface area contributed by atoms with Gasteiger partial charge in [-0.25, -0.2) is 4.98 Å². The Bertz CT molecular complexity index is 212. The molecular weight excluding hydrogens is 186 g/mol. The second kappa shape index (κ2) is 5.09. The quantitative estimate of drug-likeness (QED) is 0.665. The van der Waals surface area contributed by atoms with Crippen LogP contribution in [0, 0.1) is 0 Å². The molecule has 0 radical (unpaired) electrons. The highest BCUT2D eigenvalue weighted by atomic mass is 35.5. The fourth-order valence-electron chi connectivity index (χ4n) is 0.536. The van der Waals surface area contributed by atoms with Gasteiger partial charge in [-0.05, 0) is 0 Å². The van der Waals surface area contributed by atoms with E-state index in [1.165, 1.54) is 18.4 Å². The number of esters is 1. The molecule has 62 valence electrons. The SMILES string of the molecule is COC(=O)Cc1nccs1.Cl. The number of carbonyl (C=O) groups is 1. The Morgan fingerprint density at radius 1 is 1.82 bits per heavy atom. The van der Waals surface area contributed by atoms with Crippen molar-refractivity contribution in [3.63, 3.8) is 0 Å². The van der Waals surface area contributed by atoms with E-state index in [9.17, 15) is 4.79 Å². The van der Waals surface area contributed by atoms with E-state index in [0.29, 0.717) is 0 Å². The van der Waals surface area contributed by atoms with E-state index in [0.717, 1.165) is 5.01 Å². The van der Waals surface area contributed by atoms with Crippen LogP contribution in [0.3, 0.4) is 0 Å². The number of nitrogens with zero attached hydrogens (tertiary/aromatic N) is 1. The predicted molar refractivity (Wildman–Crippen MR) is 45.1 cm³/mol. The Kier molecular flexibility index (Phi) is 4.81. The maximum atomic E-state index is 10.6. The monoisotopic (exact) mass is 193 g/mol. The lowest BCUT2D eigenvalue weighted by Crippen LogP contribution is -2.03. The number of thiazole rings is 1. The molecule has 1 aromatic heterocycles. The van der Waals surface area contributed by atoms with Gasteiger partial charge >= 0.3 is 5.97 Å². The average molecular weight is 194 g/mol. The van der Waals surface area contributed by atoms with Crippen molar-refractivity contribution >= 4 is 29.7 Å². The molecule has 0 aliphatic carbocycles. The van der Waals surface area contributed by atoms with E-state index in [2.05, 4.69) is 9.72 Å². The second-order valence-corrected chi connectivity index (χ2v) is 2.66. The second-order valence-electron chi connectivity index (χ2n) is 1.68. The molecule has 0 saturated heterocycles. The predicted octanol–water partition coefficient (Wildman–Crippen LogP) is 1.28. The Labute approximate surface area is 74.8 Å². The zero-order valence-corrected chi connectivity index (χ0v) is 7.58. The van der Waals surface area contributed by atoms with Crippen molar-refractivity contribution in [1.29, 1.82) is 0 Å². The summed E-state index contributed by atoms with van der Waals surface area (Å²) in [6.07, 6.45) is 1.96. The van der Waals surface area contributed by atoms with Crippen molar-refractivity contribution in [3.8, 4) is 0 Å². The highest BCUT2D eigenvalue weighted by Gasteiger charge is 2.03. The Morgan fingerprint density at radius 3 is 3.00 bits per heavy atom. The molecule has 0 saturated carbocycles. The van der Waals surface area contributed by atoms with E-state index in [1.54, 1.807) is 6.20 Å². The third-order valence-corrected chi connectivity index (χ3v) is 1.79. The van der Waals surface area contributed by atoms with Crippen molar-refractivity contribution in [3.05, 3.63) is 16.6 Å². The molecule has 1 heterocycles. The fourth-order valence-corrected chi connectivity index (χ4v) is 1.14. The van der Waals surface area contributed by atoms with Crippen LogP contribution in [0.5, 0.6) is 0 Å². The molecule has 3 nitrogen and oxygen atoms in total. The lowest BCUT2D eigenvalue weighted by molar-refractivity contribution is -0.139. The van der Waals surface area contributed by atoms with E-state index in [-0.39, 0.29) is 24.8 Å². The molecule has 1 rings (SSSR count). The van der Waals surface area contributed by atoms with E-state index in [1.807, 2.05) is 5.38 Å². The highest BCUT2D eigenvalue weighted by Crippen LogP contribution is 2.04. The lowest BCUT2D eigenvalue weighted by atomic mass is 10.5. The van der Waals surface area contributed by atoms with Crippen molar-refractivity contribution in [1.82, 2.24) is 4.98 Å². The average Bonchev–Trinajstić information content (AvgIpc) is 2.40. The summed E-state index contributed by atoms with van der Waals surface area (Å²) in [5, 5.41) is 2.63. The smallest absolute Gasteiger partial charge is 0.312 e. The number of rotatable bonds is 2. The number of methoxy groups -OCH3 is 1. The number of halogens is 1. The summed E-state index contributed by atoms with van der Waals surface area (Å²) in [4.78, 5) is 14.5. The van der Waals surface area contributed by atoms with Crippen LogP contribution in [0.15, 0.2) is 11.6 Å². The summed E-state index contributed by atoms with van der Waals surface area (Å²) in [5.41, 5.74) is 0. The minimum atomic E-state index is -0.241. The number of carbonyl (C=O) groups excluding carboxylic acids is 1. The molecule has 5 heteroatoms. The van der Waals surface area contributed by atoms with Crippen molar-refractivity contribution in [2.24, 2.45) is 0 Å². The first-order chi connectivity index (χ1) is 4.83. The molecule has 0 atom stereocenters. The molecule has 0 bridgehead atoms. The van der Waals surface area contributed by atoms with Gasteiger partial charge in [0.05, 0.1) is 13.5 Å². The van der Waals surface area contributed by atoms with Crippen LogP contribution in [0.4, 0.5) is 0 Å². The highest BCUT2D eigenvalue weighted by molar-refractivity contribution is 7.09. The molecule has 11 heavy (non-hydrogen) atoms. The van der Waals surface area contributed by atoms with Gasteiger partial charge in [0.2, 0.25) is 0 Å². The summed E-state index contributed by atoms with van der Waals surface area (Å²) >= 11 is 1.45. The summed E-state index contributed by atoms with van der Waals surface area (Å²) in [7, 11) is 1.37. The van der Waals surface area contributed by atoms with Crippen LogP contribution in [0.1, 0.15) is 5.01 Å². The van der Waals surface area contributed by atoms with Crippen LogP contribution >= 0.6 is 23.7 Å². The fraction of sp³-hybridized carbons (Fsp3) is 0.333. The van der Waals surface area contributed by atoms with Gasteiger partial charge < -0.3 is 4.74 Å². The van der Waals surface area contributed by atoms with Crippen LogP contribution in [-0.2, 0) is 16.0 Å². The maximum absolute atomic E-state index is 10.6. The molecule has 0 fully saturated rings. The summed E-state index contributed by atoms with van der Waals surface area (Å²) < 4.78 is 4.45. The first kappa shape index (κ1) is 10.4. The normalized spacial score (nSPS) is 8.45. The van der Waals surface area contributed by atoms with Gasteiger partial charge in [0.25, 0.3) is 0 Å². The van der Waals surface area contributed by atoms with Crippen molar-refractivity contribution in [2.45, 2.75) is 6.42 Å². The van der Waals surface area contributed by atoms with Crippen LogP contribution in [0.25, 0.3) is 0 Å². The third kappa shape index (κ3) is 3.34. The van der Waals surface area contributed by atoms with Gasteiger partial charge in [-0.15, -0.1) is 23.7 Å². The van der Waals surface area contributed by atoms with Crippen molar-refractivity contribution in [2.75, 3.05) is 7.11 Å². The van der Waals surface area contributed by atoms with Gasteiger partial charge in [0, 0.05) is 11.6 Å². The summed E-state index contributed by atoms with van der Waals surface area (Å²) in [6.45, 7) is 0. The first-order valence-corrected chi connectivity index (χ1v) is 3.66. The Balaban J connectivity index is 0.000001000.